The van der Waals surface area contributed by atoms with Crippen molar-refractivity contribution in [2.75, 3.05) is 38.5 Å². The average Bonchev–Trinajstić information content (AvgIpc) is 2.32. The predicted molar refractivity (Wildman–Crippen MR) is 78.4 cm³/mol. The molecule has 3 heteroatoms. The molecule has 1 aliphatic rings. The van der Waals surface area contributed by atoms with Gasteiger partial charge in [0.05, 0.1) is 0 Å². The lowest BCUT2D eigenvalue weighted by molar-refractivity contribution is 0.244. The van der Waals surface area contributed by atoms with Crippen LogP contribution >= 0.6 is 0 Å². The van der Waals surface area contributed by atoms with Crippen molar-refractivity contribution < 1.29 is 0 Å². The molecule has 1 atom stereocenters. The van der Waals surface area contributed by atoms with E-state index < -0.39 is 0 Å². The molecule has 1 aliphatic heterocycles. The molecule has 0 amide bonds. The third kappa shape index (κ3) is 3.24. The molecular weight excluding hydrogens is 222 g/mol. The molecule has 2 N–H and O–H groups in total. The smallest absolute Gasteiger partial charge is 0.0373 e. The van der Waals surface area contributed by atoms with E-state index >= 15 is 0 Å². The number of benzene rings is 1. The van der Waals surface area contributed by atoms with Crippen molar-refractivity contribution in [3.8, 4) is 0 Å². The summed E-state index contributed by atoms with van der Waals surface area (Å²) in [6, 6.07) is 5.07. The fourth-order valence-electron chi connectivity index (χ4n) is 2.51. The molecule has 1 saturated heterocycles. The molecule has 1 aromatic rings. The molecule has 1 heterocycles. The van der Waals surface area contributed by atoms with Crippen LogP contribution in [0.2, 0.25) is 0 Å². The van der Waals surface area contributed by atoms with Crippen LogP contribution in [0.1, 0.15) is 16.7 Å². The quantitative estimate of drug-likeness (QED) is 0.854. The third-order valence-corrected chi connectivity index (χ3v) is 3.84. The predicted octanol–water partition coefficient (Wildman–Crippen LogP) is 1.93. The van der Waals surface area contributed by atoms with Gasteiger partial charge in [0.2, 0.25) is 0 Å². The van der Waals surface area contributed by atoms with Crippen LogP contribution in [0.15, 0.2) is 12.1 Å². The molecule has 0 spiro atoms. The Kier molecular flexibility index (Phi) is 4.25. The second-order valence-electron chi connectivity index (χ2n) is 5.55. The van der Waals surface area contributed by atoms with E-state index in [1.807, 2.05) is 0 Å². The van der Waals surface area contributed by atoms with Gasteiger partial charge in [-0.3, -0.25) is 0 Å². The first-order chi connectivity index (χ1) is 8.56. The highest BCUT2D eigenvalue weighted by Gasteiger charge is 2.16. The summed E-state index contributed by atoms with van der Waals surface area (Å²) < 4.78 is 0. The second kappa shape index (κ2) is 5.72. The fraction of sp³-hybridized carbons (Fsp3) is 0.600. The highest BCUT2D eigenvalue weighted by atomic mass is 15.2. The summed E-state index contributed by atoms with van der Waals surface area (Å²) >= 11 is 0. The van der Waals surface area contributed by atoms with Gasteiger partial charge in [-0.1, -0.05) is 6.07 Å². The Balaban J connectivity index is 1.95. The van der Waals surface area contributed by atoms with Gasteiger partial charge in [0.25, 0.3) is 0 Å². The summed E-state index contributed by atoms with van der Waals surface area (Å²) in [6.45, 7) is 10.9. The van der Waals surface area contributed by atoms with Crippen molar-refractivity contribution in [3.63, 3.8) is 0 Å². The number of anilines is 1. The van der Waals surface area contributed by atoms with Crippen LogP contribution in [0.4, 0.5) is 5.69 Å². The van der Waals surface area contributed by atoms with Crippen molar-refractivity contribution >= 4 is 5.69 Å². The van der Waals surface area contributed by atoms with Gasteiger partial charge in [0.1, 0.15) is 0 Å². The molecular formula is C15H25N3. The van der Waals surface area contributed by atoms with Crippen molar-refractivity contribution in [2.24, 2.45) is 0 Å². The van der Waals surface area contributed by atoms with Gasteiger partial charge in [0.15, 0.2) is 0 Å². The number of nitrogens with zero attached hydrogens (tertiary/aromatic N) is 1. The number of piperazine rings is 1. The normalized spacial score (nSPS) is 21.0. The van der Waals surface area contributed by atoms with E-state index in [9.17, 15) is 0 Å². The third-order valence-electron chi connectivity index (χ3n) is 3.84. The van der Waals surface area contributed by atoms with Crippen molar-refractivity contribution in [1.29, 1.82) is 0 Å². The number of likely N-dealkylation sites (N-methyl/N-ethyl adjacent to an activating group) is 1. The van der Waals surface area contributed by atoms with Gasteiger partial charge < -0.3 is 15.5 Å². The maximum atomic E-state index is 3.58. The lowest BCUT2D eigenvalue weighted by Gasteiger charge is -2.31. The number of hydrogen-bond acceptors (Lipinski definition) is 3. The number of hydrogen-bond donors (Lipinski definition) is 2. The van der Waals surface area contributed by atoms with Gasteiger partial charge in [-0.25, -0.2) is 0 Å². The van der Waals surface area contributed by atoms with Crippen LogP contribution in [-0.2, 0) is 0 Å². The van der Waals surface area contributed by atoms with Gasteiger partial charge in [-0.2, -0.15) is 0 Å². The number of aryl methyl sites for hydroxylation is 3. The summed E-state index contributed by atoms with van der Waals surface area (Å²) in [5.74, 6) is 0. The van der Waals surface area contributed by atoms with Crippen molar-refractivity contribution in [1.82, 2.24) is 10.2 Å². The van der Waals surface area contributed by atoms with Crippen LogP contribution in [0.5, 0.6) is 0 Å². The van der Waals surface area contributed by atoms with Crippen molar-refractivity contribution in [3.05, 3.63) is 28.8 Å². The van der Waals surface area contributed by atoms with Gasteiger partial charge in [-0.05, 0) is 50.6 Å². The molecule has 1 aromatic carbocycles. The molecule has 0 saturated carbocycles. The lowest BCUT2D eigenvalue weighted by Crippen LogP contribution is -2.51. The topological polar surface area (TPSA) is 27.3 Å². The lowest BCUT2D eigenvalue weighted by atomic mass is 10.0. The Labute approximate surface area is 111 Å². The highest BCUT2D eigenvalue weighted by Crippen LogP contribution is 2.20. The Hall–Kier alpha value is -1.06. The average molecular weight is 247 g/mol. The zero-order chi connectivity index (χ0) is 13.1. The largest absolute Gasteiger partial charge is 0.383 e. The first kappa shape index (κ1) is 13.4. The van der Waals surface area contributed by atoms with Crippen LogP contribution in [-0.4, -0.2) is 44.2 Å². The Morgan fingerprint density at radius 3 is 2.67 bits per heavy atom. The molecule has 0 radical (unpaired) electrons. The number of nitrogens with one attached hydrogen (secondary N) is 2. The van der Waals surface area contributed by atoms with Crippen LogP contribution in [0.25, 0.3) is 0 Å². The minimum absolute atomic E-state index is 0.546. The van der Waals surface area contributed by atoms with E-state index in [4.69, 9.17) is 0 Å². The summed E-state index contributed by atoms with van der Waals surface area (Å²) in [4.78, 5) is 2.39. The summed E-state index contributed by atoms with van der Waals surface area (Å²) in [5, 5.41) is 7.14. The minimum Gasteiger partial charge on any atom is -0.383 e. The Morgan fingerprint density at radius 2 is 1.94 bits per heavy atom. The van der Waals surface area contributed by atoms with Crippen LogP contribution < -0.4 is 10.6 Å². The maximum absolute atomic E-state index is 3.58. The molecule has 0 aromatic heterocycles. The second-order valence-corrected chi connectivity index (χ2v) is 5.55. The van der Waals surface area contributed by atoms with Gasteiger partial charge in [0, 0.05) is 37.9 Å². The van der Waals surface area contributed by atoms with Gasteiger partial charge >= 0.3 is 0 Å². The summed E-state index contributed by atoms with van der Waals surface area (Å²) in [6.07, 6.45) is 0. The monoisotopic (exact) mass is 247 g/mol. The molecule has 18 heavy (non-hydrogen) atoms. The first-order valence-electron chi connectivity index (χ1n) is 6.80. The van der Waals surface area contributed by atoms with E-state index in [0.29, 0.717) is 6.04 Å². The first-order valence-corrected chi connectivity index (χ1v) is 6.80. The Bertz CT molecular complexity index is 414. The fourth-order valence-corrected chi connectivity index (χ4v) is 2.51. The molecule has 2 rings (SSSR count). The standard InChI is InChI=1S/C15H25N3/c1-11-7-13(3)15(8-12(11)2)17-9-14-10-18(4)6-5-16-14/h7-8,14,16-17H,5-6,9-10H2,1-4H3. The zero-order valence-electron chi connectivity index (χ0n) is 12.0. The van der Waals surface area contributed by atoms with E-state index in [2.05, 4.69) is 55.5 Å². The molecule has 1 unspecified atom stereocenters. The SMILES string of the molecule is Cc1cc(C)c(NCC2CN(C)CCN2)cc1C. The summed E-state index contributed by atoms with van der Waals surface area (Å²) in [5.41, 5.74) is 5.33. The molecule has 0 bridgehead atoms. The Morgan fingerprint density at radius 1 is 1.22 bits per heavy atom. The van der Waals surface area contributed by atoms with E-state index in [-0.39, 0.29) is 0 Å². The van der Waals surface area contributed by atoms with Gasteiger partial charge in [-0.15, -0.1) is 0 Å². The zero-order valence-corrected chi connectivity index (χ0v) is 12.0. The summed E-state index contributed by atoms with van der Waals surface area (Å²) in [7, 11) is 2.19. The van der Waals surface area contributed by atoms with E-state index in [0.717, 1.165) is 26.2 Å². The maximum Gasteiger partial charge on any atom is 0.0373 e. The molecule has 3 nitrogen and oxygen atoms in total. The molecule has 100 valence electrons. The molecule has 1 fully saturated rings. The van der Waals surface area contributed by atoms with Crippen LogP contribution in [0.3, 0.4) is 0 Å². The highest BCUT2D eigenvalue weighted by molar-refractivity contribution is 5.54. The molecule has 0 aliphatic carbocycles. The minimum atomic E-state index is 0.546. The van der Waals surface area contributed by atoms with E-state index in [1.54, 1.807) is 0 Å². The van der Waals surface area contributed by atoms with Crippen molar-refractivity contribution in [2.45, 2.75) is 26.8 Å². The van der Waals surface area contributed by atoms with Crippen LogP contribution in [0, 0.1) is 20.8 Å². The van der Waals surface area contributed by atoms with E-state index in [1.165, 1.54) is 22.4 Å². The number of rotatable bonds is 3.